The van der Waals surface area contributed by atoms with Crippen molar-refractivity contribution in [2.24, 2.45) is 0 Å². The molecule has 0 amide bonds. The lowest BCUT2D eigenvalue weighted by molar-refractivity contribution is 1.03. The zero-order valence-corrected chi connectivity index (χ0v) is 15.8. The molecule has 0 saturated heterocycles. The molecule has 0 radical (unpaired) electrons. The third-order valence-electron chi connectivity index (χ3n) is 6.02. The highest BCUT2D eigenvalue weighted by molar-refractivity contribution is 5.53. The van der Waals surface area contributed by atoms with Crippen LogP contribution in [-0.4, -0.2) is 0 Å². The van der Waals surface area contributed by atoms with E-state index in [-0.39, 0.29) is 0 Å². The lowest BCUT2D eigenvalue weighted by atomic mass is 9.84. The van der Waals surface area contributed by atoms with Crippen LogP contribution in [0.4, 0.5) is 0 Å². The third-order valence-corrected chi connectivity index (χ3v) is 6.02. The molecule has 0 heterocycles. The minimum Gasteiger partial charge on any atom is -0.0558 e. The third kappa shape index (κ3) is 2.60. The molecule has 2 aromatic rings. The zero-order chi connectivity index (χ0) is 16.8. The van der Waals surface area contributed by atoms with Crippen molar-refractivity contribution in [3.8, 4) is 0 Å². The van der Waals surface area contributed by atoms with E-state index in [1.165, 1.54) is 61.2 Å². The van der Waals surface area contributed by atoms with Crippen molar-refractivity contribution in [2.45, 2.75) is 68.7 Å². The van der Waals surface area contributed by atoms with Gasteiger partial charge >= 0.3 is 0 Å². The molecule has 0 bridgehead atoms. The van der Waals surface area contributed by atoms with Crippen molar-refractivity contribution >= 4 is 0 Å². The second-order valence-corrected chi connectivity index (χ2v) is 7.02. The summed E-state index contributed by atoms with van der Waals surface area (Å²) in [5.74, 6) is 0. The molecule has 0 nitrogen and oxygen atoms in total. The van der Waals surface area contributed by atoms with Crippen LogP contribution in [0, 0.1) is 62.3 Å². The molecule has 0 atom stereocenters. The van der Waals surface area contributed by atoms with Crippen LogP contribution >= 0.6 is 0 Å². The monoisotopic (exact) mass is 294 g/mol. The topological polar surface area (TPSA) is 0 Å². The largest absolute Gasteiger partial charge is 0.0558 e. The minimum absolute atomic E-state index is 1.05. The first-order valence-corrected chi connectivity index (χ1v) is 8.28. The van der Waals surface area contributed by atoms with Gasteiger partial charge in [-0.25, -0.2) is 0 Å². The molecule has 0 unspecified atom stereocenters. The standard InChI is InChI=1S/C22H30/c1-12-10-13(2)21(18(7)14(12)3)11-22-19(8)16(5)15(4)17(6)20(22)9/h10H,11H2,1-9H3. The summed E-state index contributed by atoms with van der Waals surface area (Å²) < 4.78 is 0. The van der Waals surface area contributed by atoms with Gasteiger partial charge in [-0.3, -0.25) is 0 Å². The highest BCUT2D eigenvalue weighted by atomic mass is 14.2. The Morgan fingerprint density at radius 2 is 0.864 bits per heavy atom. The first kappa shape index (κ1) is 16.8. The summed E-state index contributed by atoms with van der Waals surface area (Å²) in [6, 6.07) is 2.34. The Morgan fingerprint density at radius 3 is 1.36 bits per heavy atom. The number of benzene rings is 2. The fourth-order valence-corrected chi connectivity index (χ4v) is 3.63. The molecule has 0 saturated carbocycles. The SMILES string of the molecule is Cc1cc(C)c(Cc2c(C)c(C)c(C)c(C)c2C)c(C)c1C. The van der Waals surface area contributed by atoms with Crippen molar-refractivity contribution in [3.05, 3.63) is 67.3 Å². The number of aryl methyl sites for hydroxylation is 2. The molecule has 22 heavy (non-hydrogen) atoms. The molecule has 2 aromatic carbocycles. The van der Waals surface area contributed by atoms with Crippen LogP contribution in [-0.2, 0) is 6.42 Å². The molecule has 0 aromatic heterocycles. The summed E-state index contributed by atoms with van der Waals surface area (Å²) in [6.07, 6.45) is 1.05. The van der Waals surface area contributed by atoms with Crippen LogP contribution in [0.25, 0.3) is 0 Å². The Labute approximate surface area is 136 Å². The van der Waals surface area contributed by atoms with E-state index in [1.807, 2.05) is 0 Å². The van der Waals surface area contributed by atoms with Gasteiger partial charge < -0.3 is 0 Å². The van der Waals surface area contributed by atoms with Gasteiger partial charge in [0.15, 0.2) is 0 Å². The Kier molecular flexibility index (Phi) is 4.52. The maximum Gasteiger partial charge on any atom is -0.00150 e. The summed E-state index contributed by atoms with van der Waals surface area (Å²) in [5, 5.41) is 0. The molecule has 0 spiro atoms. The molecular weight excluding hydrogens is 264 g/mol. The van der Waals surface area contributed by atoms with Gasteiger partial charge in [-0.1, -0.05) is 6.07 Å². The number of hydrogen-bond acceptors (Lipinski definition) is 0. The van der Waals surface area contributed by atoms with Gasteiger partial charge in [-0.05, 0) is 130 Å². The van der Waals surface area contributed by atoms with E-state index in [1.54, 1.807) is 0 Å². The van der Waals surface area contributed by atoms with E-state index in [0.717, 1.165) is 6.42 Å². The van der Waals surface area contributed by atoms with Gasteiger partial charge in [-0.15, -0.1) is 0 Å². The molecule has 0 heteroatoms. The van der Waals surface area contributed by atoms with Gasteiger partial charge in [0, 0.05) is 0 Å². The molecule has 118 valence electrons. The maximum absolute atomic E-state index is 2.34. The number of hydrogen-bond donors (Lipinski definition) is 0. The first-order valence-electron chi connectivity index (χ1n) is 8.28. The van der Waals surface area contributed by atoms with E-state index in [9.17, 15) is 0 Å². The van der Waals surface area contributed by atoms with Crippen molar-refractivity contribution in [1.29, 1.82) is 0 Å². The van der Waals surface area contributed by atoms with E-state index < -0.39 is 0 Å². The Balaban J connectivity index is 2.66. The molecular formula is C22H30. The van der Waals surface area contributed by atoms with Crippen LogP contribution in [0.5, 0.6) is 0 Å². The molecule has 0 fully saturated rings. The molecule has 0 N–H and O–H groups in total. The Bertz CT molecular complexity index is 717. The lowest BCUT2D eigenvalue weighted by Crippen LogP contribution is -2.06. The summed E-state index contributed by atoms with van der Waals surface area (Å²) in [5.41, 5.74) is 16.1. The van der Waals surface area contributed by atoms with Gasteiger partial charge in [0.05, 0.1) is 0 Å². The van der Waals surface area contributed by atoms with Crippen LogP contribution in [0.2, 0.25) is 0 Å². The average molecular weight is 294 g/mol. The highest BCUT2D eigenvalue weighted by Crippen LogP contribution is 2.31. The fraction of sp³-hybridized carbons (Fsp3) is 0.455. The normalized spacial score (nSPS) is 11.1. The molecule has 0 aliphatic carbocycles. The van der Waals surface area contributed by atoms with Crippen LogP contribution in [0.3, 0.4) is 0 Å². The van der Waals surface area contributed by atoms with E-state index >= 15 is 0 Å². The van der Waals surface area contributed by atoms with E-state index in [0.29, 0.717) is 0 Å². The smallest absolute Gasteiger partial charge is 0.00150 e. The zero-order valence-electron chi connectivity index (χ0n) is 15.8. The van der Waals surface area contributed by atoms with Crippen LogP contribution in [0.15, 0.2) is 6.07 Å². The van der Waals surface area contributed by atoms with Crippen molar-refractivity contribution in [1.82, 2.24) is 0 Å². The van der Waals surface area contributed by atoms with Gasteiger partial charge in [0.1, 0.15) is 0 Å². The molecule has 0 aliphatic rings. The van der Waals surface area contributed by atoms with Crippen molar-refractivity contribution < 1.29 is 0 Å². The van der Waals surface area contributed by atoms with Gasteiger partial charge in [0.25, 0.3) is 0 Å². The lowest BCUT2D eigenvalue weighted by Gasteiger charge is -2.21. The van der Waals surface area contributed by atoms with Crippen molar-refractivity contribution in [2.75, 3.05) is 0 Å². The molecule has 0 aliphatic heterocycles. The summed E-state index contributed by atoms with van der Waals surface area (Å²) >= 11 is 0. The number of rotatable bonds is 2. The van der Waals surface area contributed by atoms with Crippen LogP contribution in [0.1, 0.15) is 61.2 Å². The Hall–Kier alpha value is -1.56. The second-order valence-electron chi connectivity index (χ2n) is 7.02. The summed E-state index contributed by atoms with van der Waals surface area (Å²) in [7, 11) is 0. The predicted molar refractivity (Wildman–Crippen MR) is 98.3 cm³/mol. The maximum atomic E-state index is 2.34. The quantitative estimate of drug-likeness (QED) is 0.632. The Morgan fingerprint density at radius 1 is 0.455 bits per heavy atom. The summed E-state index contributed by atoms with van der Waals surface area (Å²) in [4.78, 5) is 0. The minimum atomic E-state index is 1.05. The predicted octanol–water partition coefficient (Wildman–Crippen LogP) is 6.05. The average Bonchev–Trinajstić information content (AvgIpc) is 2.48. The van der Waals surface area contributed by atoms with Gasteiger partial charge in [-0.2, -0.15) is 0 Å². The highest BCUT2D eigenvalue weighted by Gasteiger charge is 2.15. The first-order chi connectivity index (χ1) is 10.2. The fourth-order valence-electron chi connectivity index (χ4n) is 3.63. The van der Waals surface area contributed by atoms with E-state index in [4.69, 9.17) is 0 Å². The second kappa shape index (κ2) is 5.91. The molecule has 2 rings (SSSR count). The van der Waals surface area contributed by atoms with E-state index in [2.05, 4.69) is 68.4 Å². The van der Waals surface area contributed by atoms with Crippen LogP contribution < -0.4 is 0 Å². The van der Waals surface area contributed by atoms with Gasteiger partial charge in [0.2, 0.25) is 0 Å². The van der Waals surface area contributed by atoms with Crippen molar-refractivity contribution in [3.63, 3.8) is 0 Å². The summed E-state index contributed by atoms with van der Waals surface area (Å²) in [6.45, 7) is 20.4.